The van der Waals surface area contributed by atoms with E-state index in [9.17, 15) is 9.90 Å². The van der Waals surface area contributed by atoms with Crippen LogP contribution < -0.4 is 10.3 Å². The molecule has 1 aliphatic rings. The first-order valence-corrected chi connectivity index (χ1v) is 8.34. The molecule has 0 aliphatic carbocycles. The number of carbonyl (C=O) groups excluding carboxylic acids is 1. The van der Waals surface area contributed by atoms with Crippen LogP contribution in [0.2, 0.25) is 0 Å². The quantitative estimate of drug-likeness (QED) is 0.575. The highest BCUT2D eigenvalue weighted by Crippen LogP contribution is 2.23. The molecule has 0 unspecified atom stereocenters. The Morgan fingerprint density at radius 1 is 1.38 bits per heavy atom. The maximum Gasteiger partial charge on any atom is 0.254 e. The third-order valence-corrected chi connectivity index (χ3v) is 4.01. The Hall–Kier alpha value is -2.12. The maximum atomic E-state index is 11.8. The minimum absolute atomic E-state index is 0.144. The fourth-order valence-electron chi connectivity index (χ4n) is 2.60. The Morgan fingerprint density at radius 2 is 2.08 bits per heavy atom. The molecule has 2 N–H and O–H groups in total. The largest absolute Gasteiger partial charge is 0.507 e. The molecule has 7 nitrogen and oxygen atoms in total. The van der Waals surface area contributed by atoms with Crippen LogP contribution in [0.25, 0.3) is 0 Å². The smallest absolute Gasteiger partial charge is 0.254 e. The lowest BCUT2D eigenvalue weighted by Crippen LogP contribution is -2.42. The van der Waals surface area contributed by atoms with Gasteiger partial charge in [-0.3, -0.25) is 9.69 Å². The lowest BCUT2D eigenvalue weighted by atomic mass is 10.2. The molecular weight excluding hydrogens is 308 g/mol. The number of nitrogens with one attached hydrogen (secondary N) is 1. The molecule has 1 aliphatic heterocycles. The number of hydrogen-bond donors (Lipinski definition) is 2. The van der Waals surface area contributed by atoms with E-state index in [-0.39, 0.29) is 11.7 Å². The number of ether oxygens (including phenoxy) is 1. The zero-order valence-electron chi connectivity index (χ0n) is 14.4. The molecule has 0 saturated carbocycles. The maximum absolute atomic E-state index is 11.8. The van der Waals surface area contributed by atoms with Gasteiger partial charge in [0.05, 0.1) is 26.0 Å². The molecule has 1 heterocycles. The molecule has 2 rings (SSSR count). The van der Waals surface area contributed by atoms with Crippen molar-refractivity contribution in [3.63, 3.8) is 0 Å². The standard InChI is InChI=1S/C17H26N4O3/c1-3-21(4-2)15-6-5-14(16(22)11-15)12-18-19-17(23)13-20-7-9-24-10-8-20/h5-6,11-12,22H,3-4,7-10,13H2,1-2H3,(H,19,23)/b18-12-. The van der Waals surface area contributed by atoms with Gasteiger partial charge >= 0.3 is 0 Å². The summed E-state index contributed by atoms with van der Waals surface area (Å²) in [6.45, 7) is 9.01. The number of phenols is 1. The zero-order valence-corrected chi connectivity index (χ0v) is 14.4. The molecule has 0 atom stereocenters. The second-order valence-corrected chi connectivity index (χ2v) is 5.60. The fourth-order valence-corrected chi connectivity index (χ4v) is 2.60. The Morgan fingerprint density at radius 3 is 2.71 bits per heavy atom. The SMILES string of the molecule is CCN(CC)c1ccc(/C=N\NC(=O)CN2CCOCC2)c(O)c1. The summed E-state index contributed by atoms with van der Waals surface area (Å²) in [6, 6.07) is 5.44. The van der Waals surface area contributed by atoms with Gasteiger partial charge < -0.3 is 14.7 Å². The van der Waals surface area contributed by atoms with E-state index in [0.717, 1.165) is 31.9 Å². The number of aromatic hydroxyl groups is 1. The Balaban J connectivity index is 1.88. The van der Waals surface area contributed by atoms with Crippen molar-refractivity contribution in [3.05, 3.63) is 23.8 Å². The van der Waals surface area contributed by atoms with E-state index < -0.39 is 0 Å². The molecule has 7 heteroatoms. The zero-order chi connectivity index (χ0) is 17.4. The van der Waals surface area contributed by atoms with Gasteiger partial charge in [-0.25, -0.2) is 5.43 Å². The van der Waals surface area contributed by atoms with E-state index in [1.54, 1.807) is 12.1 Å². The highest BCUT2D eigenvalue weighted by atomic mass is 16.5. The van der Waals surface area contributed by atoms with Crippen LogP contribution in [0.15, 0.2) is 23.3 Å². The number of nitrogens with zero attached hydrogens (tertiary/aromatic N) is 3. The summed E-state index contributed by atoms with van der Waals surface area (Å²) < 4.78 is 5.24. The van der Waals surface area contributed by atoms with E-state index in [0.29, 0.717) is 25.3 Å². The third kappa shape index (κ3) is 5.21. The van der Waals surface area contributed by atoms with Crippen molar-refractivity contribution in [1.82, 2.24) is 10.3 Å². The summed E-state index contributed by atoms with van der Waals surface area (Å²) >= 11 is 0. The van der Waals surface area contributed by atoms with Gasteiger partial charge in [-0.1, -0.05) is 0 Å². The first-order chi connectivity index (χ1) is 11.6. The first-order valence-electron chi connectivity index (χ1n) is 8.34. The van der Waals surface area contributed by atoms with E-state index >= 15 is 0 Å². The van der Waals surface area contributed by atoms with Crippen molar-refractivity contribution in [1.29, 1.82) is 0 Å². The van der Waals surface area contributed by atoms with Crippen LogP contribution in [0.1, 0.15) is 19.4 Å². The van der Waals surface area contributed by atoms with Gasteiger partial charge in [0, 0.05) is 43.5 Å². The van der Waals surface area contributed by atoms with Crippen LogP contribution in [0.4, 0.5) is 5.69 Å². The second kappa shape index (κ2) is 9.24. The van der Waals surface area contributed by atoms with Crippen molar-refractivity contribution in [2.45, 2.75) is 13.8 Å². The minimum atomic E-state index is -0.174. The number of benzene rings is 1. The lowest BCUT2D eigenvalue weighted by Gasteiger charge is -2.25. The average Bonchev–Trinajstić information content (AvgIpc) is 2.59. The summed E-state index contributed by atoms with van der Waals surface area (Å²) in [6.07, 6.45) is 1.46. The van der Waals surface area contributed by atoms with Crippen molar-refractivity contribution in [3.8, 4) is 5.75 Å². The van der Waals surface area contributed by atoms with Crippen molar-refractivity contribution >= 4 is 17.8 Å². The van der Waals surface area contributed by atoms with Crippen molar-refractivity contribution < 1.29 is 14.6 Å². The molecular formula is C17H26N4O3. The van der Waals surface area contributed by atoms with Crippen LogP contribution in [-0.2, 0) is 9.53 Å². The molecule has 1 amide bonds. The van der Waals surface area contributed by atoms with E-state index in [1.165, 1.54) is 6.21 Å². The summed E-state index contributed by atoms with van der Waals surface area (Å²) in [5.41, 5.74) is 4.02. The molecule has 1 aromatic rings. The molecule has 0 radical (unpaired) electrons. The molecule has 1 aromatic carbocycles. The third-order valence-electron chi connectivity index (χ3n) is 4.01. The average molecular weight is 334 g/mol. The van der Waals surface area contributed by atoms with Crippen molar-refractivity contribution in [2.75, 3.05) is 50.8 Å². The van der Waals surface area contributed by atoms with Gasteiger partial charge in [-0.05, 0) is 26.0 Å². The predicted molar refractivity (Wildman–Crippen MR) is 94.7 cm³/mol. The number of phenolic OH excluding ortho intramolecular Hbond substituents is 1. The number of anilines is 1. The molecule has 132 valence electrons. The fraction of sp³-hybridized carbons (Fsp3) is 0.529. The molecule has 24 heavy (non-hydrogen) atoms. The Labute approximate surface area is 142 Å². The number of amides is 1. The number of carbonyl (C=O) groups is 1. The molecule has 1 fully saturated rings. The number of rotatable bonds is 7. The first kappa shape index (κ1) is 18.2. The van der Waals surface area contributed by atoms with Crippen molar-refractivity contribution in [2.24, 2.45) is 5.10 Å². The summed E-state index contributed by atoms with van der Waals surface area (Å²) in [5, 5.41) is 14.0. The van der Waals surface area contributed by atoms with E-state index in [2.05, 4.69) is 29.3 Å². The highest BCUT2D eigenvalue weighted by Gasteiger charge is 2.13. The van der Waals surface area contributed by atoms with E-state index in [4.69, 9.17) is 4.74 Å². The monoisotopic (exact) mass is 334 g/mol. The van der Waals surface area contributed by atoms with E-state index in [1.807, 2.05) is 11.0 Å². The minimum Gasteiger partial charge on any atom is -0.507 e. The summed E-state index contributed by atoms with van der Waals surface area (Å²) in [5.74, 6) is -0.0296. The Bertz CT molecular complexity index is 567. The number of hydrogen-bond acceptors (Lipinski definition) is 6. The second-order valence-electron chi connectivity index (χ2n) is 5.60. The topological polar surface area (TPSA) is 77.4 Å². The predicted octanol–water partition coefficient (Wildman–Crippen LogP) is 1.02. The van der Waals surface area contributed by atoms with Gasteiger partial charge in [0.15, 0.2) is 0 Å². The Kier molecular flexibility index (Phi) is 7.02. The van der Waals surface area contributed by atoms with Gasteiger partial charge in [0.1, 0.15) is 5.75 Å². The normalized spacial score (nSPS) is 15.6. The molecule has 0 aromatic heterocycles. The number of morpholine rings is 1. The summed E-state index contributed by atoms with van der Waals surface area (Å²) in [7, 11) is 0. The van der Waals surface area contributed by atoms with Gasteiger partial charge in [-0.15, -0.1) is 0 Å². The number of hydrazone groups is 1. The molecule has 1 saturated heterocycles. The van der Waals surface area contributed by atoms with Crippen LogP contribution >= 0.6 is 0 Å². The summed E-state index contributed by atoms with van der Waals surface area (Å²) in [4.78, 5) is 16.0. The van der Waals surface area contributed by atoms with Crippen LogP contribution in [0.3, 0.4) is 0 Å². The van der Waals surface area contributed by atoms with Crippen LogP contribution in [-0.4, -0.2) is 68.1 Å². The van der Waals surface area contributed by atoms with Crippen LogP contribution in [0.5, 0.6) is 5.75 Å². The van der Waals surface area contributed by atoms with Gasteiger partial charge in [0.25, 0.3) is 5.91 Å². The highest BCUT2D eigenvalue weighted by molar-refractivity contribution is 5.86. The molecule has 0 bridgehead atoms. The van der Waals surface area contributed by atoms with Crippen LogP contribution in [0, 0.1) is 0 Å². The molecule has 0 spiro atoms. The van der Waals surface area contributed by atoms with Gasteiger partial charge in [-0.2, -0.15) is 5.10 Å². The van der Waals surface area contributed by atoms with Gasteiger partial charge in [0.2, 0.25) is 0 Å². The lowest BCUT2D eigenvalue weighted by molar-refractivity contribution is -0.123.